The summed E-state index contributed by atoms with van der Waals surface area (Å²) in [5.74, 6) is 1.28. The predicted molar refractivity (Wildman–Crippen MR) is 147 cm³/mol. The molecule has 37 heavy (non-hydrogen) atoms. The molecule has 0 saturated heterocycles. The maximum absolute atomic E-state index is 13.2. The number of nitrogens with zero attached hydrogens (tertiary/aromatic N) is 5. The summed E-state index contributed by atoms with van der Waals surface area (Å²) in [5.41, 5.74) is 3.98. The van der Waals surface area contributed by atoms with Crippen LogP contribution in [0, 0.1) is 0 Å². The van der Waals surface area contributed by atoms with Crippen molar-refractivity contribution in [3.8, 4) is 34.1 Å². The van der Waals surface area contributed by atoms with E-state index in [2.05, 4.69) is 10.1 Å². The van der Waals surface area contributed by atoms with Crippen LogP contribution in [-0.4, -0.2) is 31.0 Å². The van der Waals surface area contributed by atoms with Gasteiger partial charge in [-0.3, -0.25) is 4.79 Å². The molecule has 182 valence electrons. The molecule has 3 aromatic carbocycles. The quantitative estimate of drug-likeness (QED) is 0.296. The van der Waals surface area contributed by atoms with Crippen LogP contribution in [-0.2, 0) is 0 Å². The van der Waals surface area contributed by atoms with Crippen LogP contribution in [0.5, 0.6) is 5.75 Å². The number of rotatable bonds is 6. The van der Waals surface area contributed by atoms with Gasteiger partial charge in [0.15, 0.2) is 5.82 Å². The first-order valence-corrected chi connectivity index (χ1v) is 12.8. The van der Waals surface area contributed by atoms with E-state index in [9.17, 15) is 4.79 Å². The number of halogens is 1. The van der Waals surface area contributed by atoms with Gasteiger partial charge in [-0.15, -0.1) is 5.10 Å². The van der Waals surface area contributed by atoms with Crippen LogP contribution in [0.25, 0.3) is 39.4 Å². The van der Waals surface area contributed by atoms with Crippen LogP contribution >= 0.6 is 22.9 Å². The maximum Gasteiger partial charge on any atom is 0.291 e. The van der Waals surface area contributed by atoms with Crippen molar-refractivity contribution >= 4 is 34.0 Å². The molecule has 0 aliphatic heterocycles. The van der Waals surface area contributed by atoms with Crippen molar-refractivity contribution in [3.05, 3.63) is 111 Å². The zero-order valence-electron chi connectivity index (χ0n) is 19.7. The minimum atomic E-state index is -0.224. The van der Waals surface area contributed by atoms with Gasteiger partial charge in [0.25, 0.3) is 5.56 Å². The average molecular weight is 526 g/mol. The molecule has 0 atom stereocenters. The molecule has 0 saturated carbocycles. The van der Waals surface area contributed by atoms with E-state index in [4.69, 9.17) is 21.4 Å². The molecule has 9 heteroatoms. The largest absolute Gasteiger partial charge is 0.494 e. The minimum Gasteiger partial charge on any atom is -0.494 e. The van der Waals surface area contributed by atoms with Crippen LogP contribution < -0.4 is 14.8 Å². The highest BCUT2D eigenvalue weighted by Gasteiger charge is 2.15. The van der Waals surface area contributed by atoms with Gasteiger partial charge in [-0.05, 0) is 73.7 Å². The summed E-state index contributed by atoms with van der Waals surface area (Å²) in [5, 5.41) is 9.92. The number of benzene rings is 3. The molecule has 7 nitrogen and oxygen atoms in total. The molecule has 3 aromatic heterocycles. The molecule has 0 bridgehead atoms. The van der Waals surface area contributed by atoms with Crippen molar-refractivity contribution in [2.75, 3.05) is 6.61 Å². The Labute approximate surface area is 220 Å². The first-order valence-electron chi connectivity index (χ1n) is 11.6. The highest BCUT2D eigenvalue weighted by molar-refractivity contribution is 7.15. The second kappa shape index (κ2) is 9.65. The summed E-state index contributed by atoms with van der Waals surface area (Å²) in [4.78, 5) is 18.3. The third-order valence-corrected chi connectivity index (χ3v) is 6.98. The Kier molecular flexibility index (Phi) is 6.04. The lowest BCUT2D eigenvalue weighted by Gasteiger charge is -2.04. The monoisotopic (exact) mass is 525 g/mol. The van der Waals surface area contributed by atoms with Crippen LogP contribution in [0.15, 0.2) is 89.9 Å². The van der Waals surface area contributed by atoms with E-state index in [0.29, 0.717) is 26.9 Å². The van der Waals surface area contributed by atoms with E-state index in [1.54, 1.807) is 12.1 Å². The number of hydrogen-bond acceptors (Lipinski definition) is 6. The molecule has 6 aromatic rings. The molecule has 0 radical (unpaired) electrons. The molecule has 0 unspecified atom stereocenters. The normalized spacial score (nSPS) is 11.9. The zero-order chi connectivity index (χ0) is 25.4. The Morgan fingerprint density at radius 3 is 2.38 bits per heavy atom. The number of thiazole rings is 1. The zero-order valence-corrected chi connectivity index (χ0v) is 21.3. The van der Waals surface area contributed by atoms with E-state index in [-0.39, 0.29) is 5.56 Å². The Balaban J connectivity index is 1.45. The van der Waals surface area contributed by atoms with Crippen LogP contribution in [0.3, 0.4) is 0 Å². The summed E-state index contributed by atoms with van der Waals surface area (Å²) in [6.45, 7) is 2.55. The fraction of sp³-hybridized carbons (Fsp3) is 0.0714. The van der Waals surface area contributed by atoms with E-state index in [1.807, 2.05) is 90.6 Å². The van der Waals surface area contributed by atoms with Crippen molar-refractivity contribution in [2.45, 2.75) is 6.92 Å². The van der Waals surface area contributed by atoms with Gasteiger partial charge in [0.05, 0.1) is 16.8 Å². The Hall–Kier alpha value is -4.27. The number of para-hydroxylation sites is 1. The van der Waals surface area contributed by atoms with E-state index < -0.39 is 0 Å². The topological polar surface area (TPSA) is 74.3 Å². The molecule has 0 aliphatic carbocycles. The fourth-order valence-corrected chi connectivity index (χ4v) is 5.03. The molecule has 0 amide bonds. The van der Waals surface area contributed by atoms with Crippen molar-refractivity contribution in [3.63, 3.8) is 0 Å². The summed E-state index contributed by atoms with van der Waals surface area (Å²) in [7, 11) is 0. The average Bonchev–Trinajstić information content (AvgIpc) is 3.61. The summed E-state index contributed by atoms with van der Waals surface area (Å²) >= 11 is 7.28. The van der Waals surface area contributed by atoms with Crippen molar-refractivity contribution < 1.29 is 4.74 Å². The van der Waals surface area contributed by atoms with E-state index >= 15 is 0 Å². The molecule has 0 N–H and O–H groups in total. The molecular weight excluding hydrogens is 506 g/mol. The fourth-order valence-electron chi connectivity index (χ4n) is 4.00. The SMILES string of the molecule is CCOc1ccc(-c2nn(-c3ccccc3)cc2/C=c2/sc3nc(-c4ccc(Cl)cc4)nn3c2=O)cc1. The van der Waals surface area contributed by atoms with E-state index in [0.717, 1.165) is 33.8 Å². The first-order chi connectivity index (χ1) is 18.1. The second-order valence-corrected chi connectivity index (χ2v) is 9.67. The van der Waals surface area contributed by atoms with E-state index in [1.165, 1.54) is 15.9 Å². The smallest absolute Gasteiger partial charge is 0.291 e. The second-order valence-electron chi connectivity index (χ2n) is 8.22. The van der Waals surface area contributed by atoms with Gasteiger partial charge in [0.1, 0.15) is 11.4 Å². The molecule has 6 rings (SSSR count). The predicted octanol–water partition coefficient (Wildman–Crippen LogP) is 5.27. The summed E-state index contributed by atoms with van der Waals surface area (Å²) in [6, 6.07) is 24.9. The molecule has 0 aliphatic rings. The van der Waals surface area contributed by atoms with Crippen LogP contribution in [0.1, 0.15) is 12.5 Å². The van der Waals surface area contributed by atoms with Crippen LogP contribution in [0.4, 0.5) is 0 Å². The Bertz CT molecular complexity index is 1810. The van der Waals surface area contributed by atoms with Gasteiger partial charge in [0, 0.05) is 27.9 Å². The van der Waals surface area contributed by atoms with Gasteiger partial charge in [-0.2, -0.15) is 14.6 Å². The van der Waals surface area contributed by atoms with Gasteiger partial charge in [0.2, 0.25) is 4.96 Å². The lowest BCUT2D eigenvalue weighted by Crippen LogP contribution is -2.23. The summed E-state index contributed by atoms with van der Waals surface area (Å²) in [6.07, 6.45) is 3.78. The third kappa shape index (κ3) is 4.52. The Morgan fingerprint density at radius 1 is 0.946 bits per heavy atom. The molecular formula is C28H20ClN5O2S. The lowest BCUT2D eigenvalue weighted by atomic mass is 10.1. The first kappa shape index (κ1) is 23.1. The standard InChI is InChI=1S/C28H20ClN5O2S/c1-2-36-23-14-10-18(11-15-23)25-20(17-33(31-25)22-6-4-3-5-7-22)16-24-27(35)34-28(37-24)30-26(32-34)19-8-12-21(29)13-9-19/h3-17H,2H2,1H3/b24-16+. The van der Waals surface area contributed by atoms with Crippen molar-refractivity contribution in [2.24, 2.45) is 0 Å². The summed E-state index contributed by atoms with van der Waals surface area (Å²) < 4.78 is 9.28. The number of aromatic nitrogens is 5. The van der Waals surface area contributed by atoms with Crippen molar-refractivity contribution in [1.29, 1.82) is 0 Å². The van der Waals surface area contributed by atoms with Gasteiger partial charge in [-0.25, -0.2) is 4.68 Å². The highest BCUT2D eigenvalue weighted by Crippen LogP contribution is 2.27. The number of ether oxygens (including phenoxy) is 1. The van der Waals surface area contributed by atoms with Gasteiger partial charge < -0.3 is 4.74 Å². The van der Waals surface area contributed by atoms with Crippen LogP contribution in [0.2, 0.25) is 5.02 Å². The number of hydrogen-bond donors (Lipinski definition) is 0. The molecule has 0 fully saturated rings. The molecule has 0 spiro atoms. The van der Waals surface area contributed by atoms with Gasteiger partial charge >= 0.3 is 0 Å². The molecule has 3 heterocycles. The minimum absolute atomic E-state index is 0.224. The maximum atomic E-state index is 13.2. The lowest BCUT2D eigenvalue weighted by molar-refractivity contribution is 0.340. The highest BCUT2D eigenvalue weighted by atomic mass is 35.5. The Morgan fingerprint density at radius 2 is 1.68 bits per heavy atom. The van der Waals surface area contributed by atoms with Gasteiger partial charge in [-0.1, -0.05) is 41.1 Å². The number of fused-ring (bicyclic) bond motifs is 1. The third-order valence-electron chi connectivity index (χ3n) is 5.77. The van der Waals surface area contributed by atoms with Crippen molar-refractivity contribution in [1.82, 2.24) is 24.4 Å².